The van der Waals surface area contributed by atoms with E-state index in [1.807, 2.05) is 23.6 Å². The fraction of sp³-hybridized carbons (Fsp3) is 0.409. The van der Waals surface area contributed by atoms with Gasteiger partial charge in [-0.1, -0.05) is 13.8 Å². The first kappa shape index (κ1) is 19.8. The van der Waals surface area contributed by atoms with Crippen molar-refractivity contribution in [3.63, 3.8) is 0 Å². The highest BCUT2D eigenvalue weighted by molar-refractivity contribution is 5.94. The van der Waals surface area contributed by atoms with Crippen LogP contribution in [0.2, 0.25) is 0 Å². The molecule has 0 unspecified atom stereocenters. The topological polar surface area (TPSA) is 90.9 Å². The molecule has 8 nitrogen and oxygen atoms in total. The normalized spacial score (nSPS) is 14.4. The Morgan fingerprint density at radius 2 is 1.77 bits per heavy atom. The number of benzene rings is 1. The predicted molar refractivity (Wildman–Crippen MR) is 114 cm³/mol. The highest BCUT2D eigenvalue weighted by Crippen LogP contribution is 2.28. The second kappa shape index (κ2) is 7.75. The molecule has 1 aliphatic heterocycles. The van der Waals surface area contributed by atoms with Crippen LogP contribution in [-0.2, 0) is 7.05 Å². The van der Waals surface area contributed by atoms with Gasteiger partial charge in [0.05, 0.1) is 17.3 Å². The highest BCUT2D eigenvalue weighted by Gasteiger charge is 2.26. The van der Waals surface area contributed by atoms with Gasteiger partial charge in [0.1, 0.15) is 16.9 Å². The standard InChI is InChI=1S/C22H25N7O/c1-14(2)20-24-18-15(3)26-27(4)19(18)21(25-20)28-9-11-29(12-10-28)22(30)17-7-5-16(13-23)6-8-17/h5-8,14H,9-12H2,1-4H3. The van der Waals surface area contributed by atoms with Gasteiger partial charge in [0.15, 0.2) is 5.82 Å². The maximum absolute atomic E-state index is 12.8. The zero-order valence-corrected chi connectivity index (χ0v) is 17.8. The molecule has 1 aromatic carbocycles. The Labute approximate surface area is 175 Å². The quantitative estimate of drug-likeness (QED) is 0.668. The summed E-state index contributed by atoms with van der Waals surface area (Å²) >= 11 is 0. The van der Waals surface area contributed by atoms with Crippen molar-refractivity contribution in [2.75, 3.05) is 31.1 Å². The van der Waals surface area contributed by atoms with Crippen LogP contribution in [0.3, 0.4) is 0 Å². The predicted octanol–water partition coefficient (Wildman–Crippen LogP) is 2.63. The van der Waals surface area contributed by atoms with E-state index in [1.165, 1.54) is 0 Å². The van der Waals surface area contributed by atoms with E-state index >= 15 is 0 Å². The highest BCUT2D eigenvalue weighted by atomic mass is 16.2. The zero-order valence-electron chi connectivity index (χ0n) is 17.8. The van der Waals surface area contributed by atoms with Gasteiger partial charge >= 0.3 is 0 Å². The van der Waals surface area contributed by atoms with Crippen LogP contribution in [-0.4, -0.2) is 56.7 Å². The van der Waals surface area contributed by atoms with Crippen LogP contribution in [0.25, 0.3) is 11.0 Å². The first-order valence-corrected chi connectivity index (χ1v) is 10.1. The molecule has 1 aliphatic rings. The fourth-order valence-corrected chi connectivity index (χ4v) is 3.80. The van der Waals surface area contributed by atoms with E-state index in [1.54, 1.807) is 24.3 Å². The first-order chi connectivity index (χ1) is 14.4. The van der Waals surface area contributed by atoms with E-state index in [4.69, 9.17) is 15.2 Å². The number of nitriles is 1. The molecular formula is C22H25N7O. The molecule has 0 saturated carbocycles. The number of aryl methyl sites for hydroxylation is 2. The zero-order chi connectivity index (χ0) is 21.4. The van der Waals surface area contributed by atoms with E-state index < -0.39 is 0 Å². The van der Waals surface area contributed by atoms with Crippen molar-refractivity contribution in [1.82, 2.24) is 24.6 Å². The summed E-state index contributed by atoms with van der Waals surface area (Å²) in [4.78, 5) is 26.5. The average Bonchev–Trinajstić information content (AvgIpc) is 3.06. The molecule has 154 valence electrons. The molecule has 4 rings (SSSR count). The van der Waals surface area contributed by atoms with Crippen LogP contribution in [0.4, 0.5) is 5.82 Å². The number of anilines is 1. The van der Waals surface area contributed by atoms with Crippen LogP contribution < -0.4 is 4.90 Å². The molecule has 0 N–H and O–H groups in total. The smallest absolute Gasteiger partial charge is 0.253 e. The molecule has 1 saturated heterocycles. The Bertz CT molecular complexity index is 1130. The summed E-state index contributed by atoms with van der Waals surface area (Å²) in [6, 6.07) is 8.87. The number of nitrogens with zero attached hydrogens (tertiary/aromatic N) is 7. The molecular weight excluding hydrogens is 378 g/mol. The van der Waals surface area contributed by atoms with Gasteiger partial charge in [-0.2, -0.15) is 10.4 Å². The van der Waals surface area contributed by atoms with Crippen molar-refractivity contribution in [2.24, 2.45) is 7.05 Å². The van der Waals surface area contributed by atoms with Gasteiger partial charge in [-0.15, -0.1) is 0 Å². The molecule has 0 bridgehead atoms. The molecule has 1 amide bonds. The number of piperazine rings is 1. The lowest BCUT2D eigenvalue weighted by Gasteiger charge is -2.36. The van der Waals surface area contributed by atoms with Crippen molar-refractivity contribution in [3.05, 3.63) is 46.9 Å². The monoisotopic (exact) mass is 403 g/mol. The van der Waals surface area contributed by atoms with Gasteiger partial charge in [-0.3, -0.25) is 9.48 Å². The maximum atomic E-state index is 12.8. The Morgan fingerprint density at radius 1 is 1.10 bits per heavy atom. The Balaban J connectivity index is 1.57. The summed E-state index contributed by atoms with van der Waals surface area (Å²) in [7, 11) is 1.92. The van der Waals surface area contributed by atoms with Gasteiger partial charge in [0.25, 0.3) is 5.91 Å². The Hall–Kier alpha value is -3.47. The van der Waals surface area contributed by atoms with Crippen LogP contribution >= 0.6 is 0 Å². The minimum Gasteiger partial charge on any atom is -0.351 e. The van der Waals surface area contributed by atoms with Crippen molar-refractivity contribution in [2.45, 2.75) is 26.7 Å². The summed E-state index contributed by atoms with van der Waals surface area (Å²) in [6.45, 7) is 8.75. The Kier molecular flexibility index (Phi) is 5.12. The Morgan fingerprint density at radius 3 is 2.37 bits per heavy atom. The summed E-state index contributed by atoms with van der Waals surface area (Å²) in [6.07, 6.45) is 0. The van der Waals surface area contributed by atoms with Gasteiger partial charge < -0.3 is 9.80 Å². The first-order valence-electron chi connectivity index (χ1n) is 10.1. The van der Waals surface area contributed by atoms with E-state index in [0.717, 1.165) is 28.4 Å². The maximum Gasteiger partial charge on any atom is 0.253 e. The summed E-state index contributed by atoms with van der Waals surface area (Å²) in [5.41, 5.74) is 3.88. The van der Waals surface area contributed by atoms with Gasteiger partial charge in [-0.25, -0.2) is 9.97 Å². The molecule has 3 aromatic rings. The van der Waals surface area contributed by atoms with Crippen LogP contribution in [0.15, 0.2) is 24.3 Å². The lowest BCUT2D eigenvalue weighted by molar-refractivity contribution is 0.0746. The van der Waals surface area contributed by atoms with Crippen molar-refractivity contribution in [1.29, 1.82) is 5.26 Å². The molecule has 0 atom stereocenters. The molecule has 2 aromatic heterocycles. The number of hydrogen-bond donors (Lipinski definition) is 0. The van der Waals surface area contributed by atoms with Crippen LogP contribution in [0.1, 0.15) is 47.2 Å². The molecule has 0 aliphatic carbocycles. The minimum atomic E-state index is -0.00813. The van der Waals surface area contributed by atoms with Gasteiger partial charge in [0.2, 0.25) is 0 Å². The third-order valence-electron chi connectivity index (χ3n) is 5.49. The molecule has 0 spiro atoms. The van der Waals surface area contributed by atoms with E-state index in [2.05, 4.69) is 29.9 Å². The second-order valence-electron chi connectivity index (χ2n) is 7.93. The summed E-state index contributed by atoms with van der Waals surface area (Å²) in [5, 5.41) is 13.5. The molecule has 1 fully saturated rings. The number of fused-ring (bicyclic) bond motifs is 1. The van der Waals surface area contributed by atoms with Crippen molar-refractivity contribution < 1.29 is 4.79 Å². The second-order valence-corrected chi connectivity index (χ2v) is 7.93. The molecule has 0 radical (unpaired) electrons. The van der Waals surface area contributed by atoms with Gasteiger partial charge in [0, 0.05) is 44.7 Å². The van der Waals surface area contributed by atoms with E-state index in [0.29, 0.717) is 37.3 Å². The largest absolute Gasteiger partial charge is 0.351 e. The lowest BCUT2D eigenvalue weighted by Crippen LogP contribution is -2.49. The number of carbonyl (C=O) groups excluding carboxylic acids is 1. The summed E-state index contributed by atoms with van der Waals surface area (Å²) in [5.74, 6) is 1.90. The number of amides is 1. The van der Waals surface area contributed by atoms with Crippen LogP contribution in [0, 0.1) is 18.3 Å². The molecule has 30 heavy (non-hydrogen) atoms. The van der Waals surface area contributed by atoms with Crippen LogP contribution in [0.5, 0.6) is 0 Å². The average molecular weight is 403 g/mol. The minimum absolute atomic E-state index is 0.00813. The SMILES string of the molecule is Cc1nn(C)c2c(N3CCN(C(=O)c4ccc(C#N)cc4)CC3)nc(C(C)C)nc12. The van der Waals surface area contributed by atoms with Gasteiger partial charge in [-0.05, 0) is 31.2 Å². The third kappa shape index (κ3) is 3.47. The third-order valence-corrected chi connectivity index (χ3v) is 5.49. The van der Waals surface area contributed by atoms with E-state index in [9.17, 15) is 4.79 Å². The number of carbonyl (C=O) groups is 1. The molecule has 8 heteroatoms. The lowest BCUT2D eigenvalue weighted by atomic mass is 10.1. The van der Waals surface area contributed by atoms with Crippen molar-refractivity contribution in [3.8, 4) is 6.07 Å². The fourth-order valence-electron chi connectivity index (χ4n) is 3.80. The van der Waals surface area contributed by atoms with E-state index in [-0.39, 0.29) is 11.8 Å². The summed E-state index contributed by atoms with van der Waals surface area (Å²) < 4.78 is 1.85. The van der Waals surface area contributed by atoms with Crippen molar-refractivity contribution >= 4 is 22.8 Å². The number of aromatic nitrogens is 4. The molecule has 3 heterocycles. The number of rotatable bonds is 3. The number of hydrogen-bond acceptors (Lipinski definition) is 6.